The first-order chi connectivity index (χ1) is 9.83. The van der Waals surface area contributed by atoms with Crippen molar-refractivity contribution >= 4 is 17.7 Å². The first-order valence-electron chi connectivity index (χ1n) is 7.41. The van der Waals surface area contributed by atoms with E-state index in [0.29, 0.717) is 0 Å². The van der Waals surface area contributed by atoms with Gasteiger partial charge in [0.1, 0.15) is 11.2 Å². The van der Waals surface area contributed by atoms with Crippen molar-refractivity contribution in [2.24, 2.45) is 0 Å². The number of fused-ring (bicyclic) bond motifs is 3. The molecule has 0 N–H and O–H groups in total. The van der Waals surface area contributed by atoms with Crippen molar-refractivity contribution in [1.82, 2.24) is 0 Å². The number of rotatable bonds is 1. The van der Waals surface area contributed by atoms with Crippen LogP contribution in [0.3, 0.4) is 0 Å². The first kappa shape index (κ1) is 11.8. The molecule has 0 bridgehead atoms. The number of furan rings is 1. The third kappa shape index (κ3) is 1.77. The van der Waals surface area contributed by atoms with E-state index >= 15 is 0 Å². The first-order valence-corrected chi connectivity index (χ1v) is 7.41. The SMILES string of the molecule is Cc1ccc(C2=c3oc4c(c3=CCC2)CCC=C4)cc1. The van der Waals surface area contributed by atoms with Gasteiger partial charge in [-0.3, -0.25) is 0 Å². The molecule has 4 rings (SSSR count). The van der Waals surface area contributed by atoms with Gasteiger partial charge in [0, 0.05) is 16.4 Å². The molecular weight excluding hydrogens is 244 g/mol. The lowest BCUT2D eigenvalue weighted by atomic mass is 9.94. The molecule has 0 spiro atoms. The zero-order valence-corrected chi connectivity index (χ0v) is 11.8. The van der Waals surface area contributed by atoms with Crippen molar-refractivity contribution in [1.29, 1.82) is 0 Å². The minimum atomic E-state index is 1.07. The molecule has 0 fully saturated rings. The normalized spacial score (nSPS) is 16.6. The summed E-state index contributed by atoms with van der Waals surface area (Å²) in [6.45, 7) is 2.13. The Morgan fingerprint density at radius 3 is 2.70 bits per heavy atom. The summed E-state index contributed by atoms with van der Waals surface area (Å²) in [5.74, 6) is 1.07. The second kappa shape index (κ2) is 4.52. The lowest BCUT2D eigenvalue weighted by Gasteiger charge is -2.09. The second-order valence-corrected chi connectivity index (χ2v) is 5.72. The highest BCUT2D eigenvalue weighted by Gasteiger charge is 2.17. The van der Waals surface area contributed by atoms with Gasteiger partial charge in [0.15, 0.2) is 0 Å². The summed E-state index contributed by atoms with van der Waals surface area (Å²) in [4.78, 5) is 0. The second-order valence-electron chi connectivity index (χ2n) is 5.72. The van der Waals surface area contributed by atoms with Crippen molar-refractivity contribution < 1.29 is 4.42 Å². The van der Waals surface area contributed by atoms with Crippen molar-refractivity contribution in [3.05, 3.63) is 63.4 Å². The molecule has 1 heteroatoms. The molecule has 0 saturated carbocycles. The van der Waals surface area contributed by atoms with Crippen molar-refractivity contribution in [3.63, 3.8) is 0 Å². The lowest BCUT2D eigenvalue weighted by molar-refractivity contribution is 0.512. The van der Waals surface area contributed by atoms with Crippen molar-refractivity contribution in [2.45, 2.75) is 32.6 Å². The third-order valence-corrected chi connectivity index (χ3v) is 4.33. The van der Waals surface area contributed by atoms with Gasteiger partial charge in [-0.15, -0.1) is 0 Å². The van der Waals surface area contributed by atoms with Crippen LogP contribution in [0.4, 0.5) is 0 Å². The van der Waals surface area contributed by atoms with Gasteiger partial charge in [-0.05, 0) is 44.2 Å². The van der Waals surface area contributed by atoms with E-state index in [1.165, 1.54) is 27.5 Å². The van der Waals surface area contributed by atoms with Gasteiger partial charge in [0.05, 0.1) is 0 Å². The van der Waals surface area contributed by atoms with Gasteiger partial charge >= 0.3 is 0 Å². The summed E-state index contributed by atoms with van der Waals surface area (Å²) >= 11 is 0. The molecule has 0 unspecified atom stereocenters. The molecule has 1 heterocycles. The van der Waals surface area contributed by atoms with Crippen LogP contribution >= 0.6 is 0 Å². The molecule has 0 atom stereocenters. The number of benzene rings is 1. The van der Waals surface area contributed by atoms with E-state index in [1.54, 1.807) is 0 Å². The summed E-state index contributed by atoms with van der Waals surface area (Å²) in [6, 6.07) is 8.81. The van der Waals surface area contributed by atoms with Crippen molar-refractivity contribution in [3.8, 4) is 0 Å². The Kier molecular flexibility index (Phi) is 2.66. The van der Waals surface area contributed by atoms with Crippen LogP contribution in [0.2, 0.25) is 0 Å². The molecule has 0 aliphatic heterocycles. The van der Waals surface area contributed by atoms with Gasteiger partial charge in [0.2, 0.25) is 0 Å². The summed E-state index contributed by atoms with van der Waals surface area (Å²) in [7, 11) is 0. The van der Waals surface area contributed by atoms with Crippen LogP contribution in [0.5, 0.6) is 0 Å². The molecule has 1 aromatic heterocycles. The molecule has 0 amide bonds. The van der Waals surface area contributed by atoms with E-state index in [1.807, 2.05) is 0 Å². The molecule has 2 aliphatic carbocycles. The highest BCUT2D eigenvalue weighted by atomic mass is 16.3. The van der Waals surface area contributed by atoms with Gasteiger partial charge < -0.3 is 4.42 Å². The summed E-state index contributed by atoms with van der Waals surface area (Å²) in [6.07, 6.45) is 11.1. The molecule has 2 aromatic rings. The maximum Gasteiger partial charge on any atom is 0.138 e. The van der Waals surface area contributed by atoms with E-state index in [2.05, 4.69) is 49.4 Å². The Balaban J connectivity index is 2.00. The molecule has 20 heavy (non-hydrogen) atoms. The van der Waals surface area contributed by atoms with Crippen LogP contribution in [0.15, 0.2) is 34.8 Å². The Bertz CT molecular complexity index is 801. The highest BCUT2D eigenvalue weighted by Crippen LogP contribution is 2.22. The van der Waals surface area contributed by atoms with Gasteiger partial charge in [-0.2, -0.15) is 0 Å². The molecule has 1 aromatic carbocycles. The van der Waals surface area contributed by atoms with Gasteiger partial charge in [-0.1, -0.05) is 42.0 Å². The third-order valence-electron chi connectivity index (χ3n) is 4.33. The Hall–Kier alpha value is -2.02. The highest BCUT2D eigenvalue weighted by molar-refractivity contribution is 5.68. The minimum Gasteiger partial charge on any atom is -0.456 e. The number of allylic oxidation sites excluding steroid dienone is 1. The van der Waals surface area contributed by atoms with Crippen LogP contribution in [-0.4, -0.2) is 0 Å². The average molecular weight is 262 g/mol. The molecule has 100 valence electrons. The zero-order valence-electron chi connectivity index (χ0n) is 11.8. The summed E-state index contributed by atoms with van der Waals surface area (Å²) in [5, 5.41) is 1.35. The van der Waals surface area contributed by atoms with Gasteiger partial charge in [0.25, 0.3) is 0 Å². The fourth-order valence-corrected chi connectivity index (χ4v) is 3.25. The fourth-order valence-electron chi connectivity index (χ4n) is 3.25. The number of hydrogen-bond acceptors (Lipinski definition) is 1. The van der Waals surface area contributed by atoms with Crippen LogP contribution in [0.25, 0.3) is 17.7 Å². The van der Waals surface area contributed by atoms with Crippen LogP contribution in [-0.2, 0) is 6.42 Å². The van der Waals surface area contributed by atoms with E-state index in [0.717, 1.165) is 36.9 Å². The van der Waals surface area contributed by atoms with Crippen LogP contribution < -0.4 is 10.6 Å². The number of hydrogen-bond donors (Lipinski definition) is 0. The van der Waals surface area contributed by atoms with Crippen molar-refractivity contribution in [2.75, 3.05) is 0 Å². The van der Waals surface area contributed by atoms with E-state index in [9.17, 15) is 0 Å². The monoisotopic (exact) mass is 262 g/mol. The minimum absolute atomic E-state index is 1.07. The molecule has 0 radical (unpaired) electrons. The molecule has 0 saturated heterocycles. The molecular formula is C19H18O. The molecule has 2 aliphatic rings. The smallest absolute Gasteiger partial charge is 0.138 e. The summed E-state index contributed by atoms with van der Waals surface area (Å²) in [5.41, 5.74) is 6.49. The predicted octanol–water partition coefficient (Wildman–Crippen LogP) is 3.32. The number of aryl methyl sites for hydroxylation is 1. The fraction of sp³-hybridized carbons (Fsp3) is 0.263. The average Bonchev–Trinajstić information content (AvgIpc) is 2.87. The zero-order chi connectivity index (χ0) is 13.5. The maximum absolute atomic E-state index is 6.17. The largest absolute Gasteiger partial charge is 0.456 e. The van der Waals surface area contributed by atoms with E-state index < -0.39 is 0 Å². The Labute approximate surface area is 118 Å². The predicted molar refractivity (Wildman–Crippen MR) is 82.7 cm³/mol. The maximum atomic E-state index is 6.17. The van der Waals surface area contributed by atoms with Crippen LogP contribution in [0, 0.1) is 6.92 Å². The van der Waals surface area contributed by atoms with Gasteiger partial charge in [-0.25, -0.2) is 0 Å². The Morgan fingerprint density at radius 2 is 1.85 bits per heavy atom. The quantitative estimate of drug-likeness (QED) is 0.768. The molecule has 1 nitrogen and oxygen atoms in total. The Morgan fingerprint density at radius 1 is 1.00 bits per heavy atom. The standard InChI is InChI=1S/C19H18O/c1-13-9-11-14(12-10-13)15-6-4-7-17-16-5-2-3-8-18(16)20-19(15)17/h3,7-12H,2,4-6H2,1H3. The summed E-state index contributed by atoms with van der Waals surface area (Å²) < 4.78 is 6.17. The van der Waals surface area contributed by atoms with Crippen LogP contribution in [0.1, 0.15) is 41.7 Å². The van der Waals surface area contributed by atoms with E-state index in [-0.39, 0.29) is 0 Å². The topological polar surface area (TPSA) is 13.1 Å². The van der Waals surface area contributed by atoms with E-state index in [4.69, 9.17) is 4.42 Å². The lowest BCUT2D eigenvalue weighted by Crippen LogP contribution is -2.28.